The molecule has 0 aliphatic carbocycles. The van der Waals surface area contributed by atoms with Crippen LogP contribution in [0.3, 0.4) is 0 Å². The lowest BCUT2D eigenvalue weighted by Gasteiger charge is -2.32. The van der Waals surface area contributed by atoms with Crippen LogP contribution in [-0.2, 0) is 0 Å². The standard InChI is InChI=1S/C21H28N4O3/c1-3-5-6-21(16-26)24(15-4-2)19-11-7-17(8-12-19)22-23-18-9-13-20(14-10-18)25(27)28/h7-14,21,26H,3-6,15-16H2,1-2H3/b23-22+. The van der Waals surface area contributed by atoms with Crippen LogP contribution in [0.4, 0.5) is 22.7 Å². The third-order valence-corrected chi connectivity index (χ3v) is 4.53. The van der Waals surface area contributed by atoms with Gasteiger partial charge in [0.1, 0.15) is 0 Å². The summed E-state index contributed by atoms with van der Waals surface area (Å²) in [6.45, 7) is 5.32. The summed E-state index contributed by atoms with van der Waals surface area (Å²) in [7, 11) is 0. The largest absolute Gasteiger partial charge is 0.394 e. The predicted molar refractivity (Wildman–Crippen MR) is 112 cm³/mol. The van der Waals surface area contributed by atoms with Crippen LogP contribution < -0.4 is 4.90 Å². The Morgan fingerprint density at radius 3 is 2.04 bits per heavy atom. The Kier molecular flexibility index (Phi) is 8.55. The van der Waals surface area contributed by atoms with Gasteiger partial charge in [-0.1, -0.05) is 26.7 Å². The zero-order chi connectivity index (χ0) is 20.4. The van der Waals surface area contributed by atoms with E-state index < -0.39 is 4.92 Å². The molecule has 7 heteroatoms. The highest BCUT2D eigenvalue weighted by atomic mass is 16.6. The summed E-state index contributed by atoms with van der Waals surface area (Å²) in [5.74, 6) is 0. The quantitative estimate of drug-likeness (QED) is 0.302. The molecular formula is C21H28N4O3. The van der Waals surface area contributed by atoms with Gasteiger partial charge in [0, 0.05) is 24.4 Å². The number of anilines is 1. The molecular weight excluding hydrogens is 356 g/mol. The smallest absolute Gasteiger partial charge is 0.269 e. The number of benzene rings is 2. The molecule has 0 saturated carbocycles. The maximum atomic E-state index is 10.7. The van der Waals surface area contributed by atoms with Crippen molar-refractivity contribution in [2.24, 2.45) is 10.2 Å². The van der Waals surface area contributed by atoms with Gasteiger partial charge in [-0.3, -0.25) is 10.1 Å². The number of nitro groups is 1. The van der Waals surface area contributed by atoms with Crippen molar-refractivity contribution in [3.05, 3.63) is 58.6 Å². The monoisotopic (exact) mass is 384 g/mol. The van der Waals surface area contributed by atoms with Gasteiger partial charge in [-0.25, -0.2) is 0 Å². The van der Waals surface area contributed by atoms with Gasteiger partial charge in [0.25, 0.3) is 5.69 Å². The molecule has 0 bridgehead atoms. The van der Waals surface area contributed by atoms with Crippen LogP contribution >= 0.6 is 0 Å². The maximum Gasteiger partial charge on any atom is 0.269 e. The van der Waals surface area contributed by atoms with Crippen molar-refractivity contribution in [2.75, 3.05) is 18.1 Å². The van der Waals surface area contributed by atoms with Crippen molar-refractivity contribution in [3.63, 3.8) is 0 Å². The average molecular weight is 384 g/mol. The molecule has 0 radical (unpaired) electrons. The van der Waals surface area contributed by atoms with Gasteiger partial charge in [0.15, 0.2) is 0 Å². The van der Waals surface area contributed by atoms with Crippen LogP contribution in [-0.4, -0.2) is 29.2 Å². The Morgan fingerprint density at radius 2 is 1.57 bits per heavy atom. The van der Waals surface area contributed by atoms with Crippen LogP contribution in [0.15, 0.2) is 58.8 Å². The highest BCUT2D eigenvalue weighted by Crippen LogP contribution is 2.25. The van der Waals surface area contributed by atoms with Gasteiger partial charge in [0.2, 0.25) is 0 Å². The van der Waals surface area contributed by atoms with E-state index in [2.05, 4.69) is 29.0 Å². The van der Waals surface area contributed by atoms with Crippen molar-refractivity contribution in [3.8, 4) is 0 Å². The van der Waals surface area contributed by atoms with Gasteiger partial charge in [-0.2, -0.15) is 10.2 Å². The zero-order valence-corrected chi connectivity index (χ0v) is 16.5. The lowest BCUT2D eigenvalue weighted by molar-refractivity contribution is -0.384. The predicted octanol–water partition coefficient (Wildman–Crippen LogP) is 5.78. The lowest BCUT2D eigenvalue weighted by atomic mass is 10.1. The van der Waals surface area contributed by atoms with Gasteiger partial charge < -0.3 is 10.0 Å². The number of aliphatic hydroxyl groups is 1. The second-order valence-electron chi connectivity index (χ2n) is 6.66. The molecule has 2 rings (SSSR count). The van der Waals surface area contributed by atoms with Crippen LogP contribution in [0, 0.1) is 10.1 Å². The van der Waals surface area contributed by atoms with E-state index in [1.165, 1.54) is 12.1 Å². The number of nitrogens with zero attached hydrogens (tertiary/aromatic N) is 4. The SMILES string of the molecule is CCCCC(CO)N(CCC)c1ccc(/N=N/c2ccc([N+](=O)[O-])cc2)cc1. The molecule has 0 spiro atoms. The normalized spacial score (nSPS) is 12.2. The molecule has 7 nitrogen and oxygen atoms in total. The maximum absolute atomic E-state index is 10.7. The number of azo groups is 1. The lowest BCUT2D eigenvalue weighted by Crippen LogP contribution is -2.38. The molecule has 28 heavy (non-hydrogen) atoms. The molecule has 0 aromatic heterocycles. The first-order chi connectivity index (χ1) is 13.6. The summed E-state index contributed by atoms with van der Waals surface area (Å²) in [5.41, 5.74) is 2.35. The van der Waals surface area contributed by atoms with Gasteiger partial charge in [-0.05, 0) is 49.2 Å². The van der Waals surface area contributed by atoms with Crippen molar-refractivity contribution >= 4 is 22.7 Å². The molecule has 2 aromatic carbocycles. The first-order valence-corrected chi connectivity index (χ1v) is 9.72. The first kappa shape index (κ1) is 21.5. The number of nitro benzene ring substituents is 1. The molecule has 0 aliphatic rings. The highest BCUT2D eigenvalue weighted by molar-refractivity contribution is 5.54. The van der Waals surface area contributed by atoms with Gasteiger partial charge in [0.05, 0.1) is 28.9 Å². The fraction of sp³-hybridized carbons (Fsp3) is 0.429. The van der Waals surface area contributed by atoms with E-state index in [0.29, 0.717) is 11.4 Å². The Hall–Kier alpha value is -2.80. The summed E-state index contributed by atoms with van der Waals surface area (Å²) < 4.78 is 0. The Bertz CT molecular complexity index is 760. The fourth-order valence-corrected chi connectivity index (χ4v) is 3.02. The van der Waals surface area contributed by atoms with Crippen molar-refractivity contribution in [1.82, 2.24) is 0 Å². The summed E-state index contributed by atoms with van der Waals surface area (Å²) in [5, 5.41) is 28.8. The molecule has 1 unspecified atom stereocenters. The third-order valence-electron chi connectivity index (χ3n) is 4.53. The molecule has 150 valence electrons. The van der Waals surface area contributed by atoms with Gasteiger partial charge >= 0.3 is 0 Å². The molecule has 1 N–H and O–H groups in total. The number of non-ortho nitro benzene ring substituents is 1. The Morgan fingerprint density at radius 1 is 1.00 bits per heavy atom. The zero-order valence-electron chi connectivity index (χ0n) is 16.5. The summed E-state index contributed by atoms with van der Waals surface area (Å²) in [6, 6.07) is 13.8. The Labute approximate surface area is 165 Å². The second kappa shape index (κ2) is 11.1. The number of hydrogen-bond acceptors (Lipinski definition) is 6. The van der Waals surface area contributed by atoms with Crippen LogP contribution in [0.25, 0.3) is 0 Å². The minimum atomic E-state index is -0.443. The number of unbranched alkanes of at least 4 members (excludes halogenated alkanes) is 1. The Balaban J connectivity index is 2.10. The van der Waals surface area contributed by atoms with E-state index in [-0.39, 0.29) is 18.3 Å². The number of aliphatic hydroxyl groups excluding tert-OH is 1. The van der Waals surface area contributed by atoms with E-state index in [4.69, 9.17) is 0 Å². The van der Waals surface area contributed by atoms with E-state index >= 15 is 0 Å². The number of rotatable bonds is 11. The molecule has 0 fully saturated rings. The first-order valence-electron chi connectivity index (χ1n) is 9.72. The highest BCUT2D eigenvalue weighted by Gasteiger charge is 2.17. The van der Waals surface area contributed by atoms with Crippen LogP contribution in [0.5, 0.6) is 0 Å². The second-order valence-corrected chi connectivity index (χ2v) is 6.66. The van der Waals surface area contributed by atoms with Crippen LogP contribution in [0.1, 0.15) is 39.5 Å². The van der Waals surface area contributed by atoms with E-state index in [1.54, 1.807) is 12.1 Å². The molecule has 0 aliphatic heterocycles. The fourth-order valence-electron chi connectivity index (χ4n) is 3.02. The third kappa shape index (κ3) is 6.13. The van der Waals surface area contributed by atoms with Crippen LogP contribution in [0.2, 0.25) is 0 Å². The minimum Gasteiger partial charge on any atom is -0.394 e. The van der Waals surface area contributed by atoms with E-state index in [0.717, 1.165) is 37.9 Å². The topological polar surface area (TPSA) is 91.3 Å². The molecule has 1 atom stereocenters. The summed E-state index contributed by atoms with van der Waals surface area (Å²) >= 11 is 0. The molecule has 2 aromatic rings. The van der Waals surface area contributed by atoms with E-state index in [1.807, 2.05) is 24.3 Å². The summed E-state index contributed by atoms with van der Waals surface area (Å²) in [6.07, 6.45) is 4.17. The molecule has 0 amide bonds. The molecule has 0 saturated heterocycles. The average Bonchev–Trinajstić information content (AvgIpc) is 2.72. The summed E-state index contributed by atoms with van der Waals surface area (Å²) in [4.78, 5) is 12.5. The molecule has 0 heterocycles. The number of hydrogen-bond donors (Lipinski definition) is 1. The van der Waals surface area contributed by atoms with Gasteiger partial charge in [-0.15, -0.1) is 0 Å². The van der Waals surface area contributed by atoms with Crippen molar-refractivity contribution in [1.29, 1.82) is 0 Å². The minimum absolute atomic E-state index is 0.0285. The van der Waals surface area contributed by atoms with Crippen molar-refractivity contribution < 1.29 is 10.0 Å². The van der Waals surface area contributed by atoms with Crippen molar-refractivity contribution in [2.45, 2.75) is 45.6 Å². The van der Waals surface area contributed by atoms with E-state index in [9.17, 15) is 15.2 Å².